The second kappa shape index (κ2) is 11.8. The monoisotopic (exact) mass is 250 g/mol. The first-order valence-electron chi connectivity index (χ1n) is 3.17. The number of carboxylic acids is 1. The third kappa shape index (κ3) is 24.5. The van der Waals surface area contributed by atoms with Crippen molar-refractivity contribution in [1.82, 2.24) is 0 Å². The van der Waals surface area contributed by atoms with Crippen molar-refractivity contribution in [2.24, 2.45) is 0 Å². The molecule has 0 saturated carbocycles. The van der Waals surface area contributed by atoms with Crippen LogP contribution < -0.4 is 0 Å². The Hall–Kier alpha value is 0.00870. The Kier molecular flexibility index (Phi) is 14.9. The Labute approximate surface area is 72.5 Å². The van der Waals surface area contributed by atoms with E-state index >= 15 is 0 Å². The fourth-order valence-corrected chi connectivity index (χ4v) is 0.219. The number of carbonyl (C=O) groups is 1. The predicted molar refractivity (Wildman–Crippen MR) is 44.5 cm³/mol. The number of hydrogen-bond donors (Lipinski definition) is 1. The van der Waals surface area contributed by atoms with Crippen LogP contribution in [0, 0.1) is 0 Å². The Morgan fingerprint density at radius 2 is 2.00 bits per heavy atom. The summed E-state index contributed by atoms with van der Waals surface area (Å²) >= 11 is 0.230. The van der Waals surface area contributed by atoms with E-state index in [4.69, 9.17) is 5.11 Å². The van der Waals surface area contributed by atoms with E-state index in [1.807, 2.05) is 6.92 Å². The van der Waals surface area contributed by atoms with E-state index in [0.717, 1.165) is 12.5 Å². The molecule has 2 nitrogen and oxygen atoms in total. The second-order valence-corrected chi connectivity index (χ2v) is 4.50. The SMILES string of the molecule is CC/C=C/C(=O)O.[CH3][Sn][CH3]. The Bertz CT molecular complexity index is 99.8. The molecule has 0 aromatic heterocycles. The van der Waals surface area contributed by atoms with Gasteiger partial charge in [0.05, 0.1) is 0 Å². The van der Waals surface area contributed by atoms with E-state index in [0.29, 0.717) is 0 Å². The quantitative estimate of drug-likeness (QED) is 0.598. The normalized spacial score (nSPS) is 8.70. The zero-order chi connectivity index (χ0) is 8.41. The Morgan fingerprint density at radius 3 is 2.10 bits per heavy atom. The number of carboxylic acid groups (broad SMARTS) is 1. The van der Waals surface area contributed by atoms with Crippen LogP contribution in [0.3, 0.4) is 0 Å². The van der Waals surface area contributed by atoms with Crippen LogP contribution in [-0.2, 0) is 4.79 Å². The summed E-state index contributed by atoms with van der Waals surface area (Å²) < 4.78 is 0. The van der Waals surface area contributed by atoms with Crippen LogP contribution in [0.15, 0.2) is 12.2 Å². The summed E-state index contributed by atoms with van der Waals surface area (Å²) in [6.07, 6.45) is 3.52. The summed E-state index contributed by atoms with van der Waals surface area (Å²) in [4.78, 5) is 14.3. The van der Waals surface area contributed by atoms with Crippen molar-refractivity contribution in [1.29, 1.82) is 0 Å². The molecule has 0 amide bonds. The second-order valence-electron chi connectivity index (χ2n) is 1.65. The molecule has 0 unspecified atom stereocenters. The van der Waals surface area contributed by atoms with Crippen LogP contribution in [0.1, 0.15) is 13.3 Å². The summed E-state index contributed by atoms with van der Waals surface area (Å²) in [6.45, 7) is 1.89. The molecular weight excluding hydrogens is 235 g/mol. The van der Waals surface area contributed by atoms with E-state index in [-0.39, 0.29) is 21.1 Å². The molecule has 0 spiro atoms. The van der Waals surface area contributed by atoms with Crippen LogP contribution in [0.25, 0.3) is 0 Å². The van der Waals surface area contributed by atoms with Crippen molar-refractivity contribution in [3.63, 3.8) is 0 Å². The van der Waals surface area contributed by atoms with Crippen LogP contribution in [0.5, 0.6) is 0 Å². The van der Waals surface area contributed by atoms with Crippen LogP contribution in [0.4, 0.5) is 0 Å². The zero-order valence-corrected chi connectivity index (χ0v) is 9.57. The topological polar surface area (TPSA) is 37.3 Å². The van der Waals surface area contributed by atoms with Gasteiger partial charge in [-0.1, -0.05) is 13.0 Å². The van der Waals surface area contributed by atoms with Crippen LogP contribution in [-0.4, -0.2) is 32.2 Å². The van der Waals surface area contributed by atoms with Crippen molar-refractivity contribution >= 4 is 27.1 Å². The fourth-order valence-electron chi connectivity index (χ4n) is 0.219. The van der Waals surface area contributed by atoms with Gasteiger partial charge < -0.3 is 5.11 Å². The van der Waals surface area contributed by atoms with E-state index < -0.39 is 5.97 Å². The van der Waals surface area contributed by atoms with Crippen molar-refractivity contribution in [2.75, 3.05) is 0 Å². The summed E-state index contributed by atoms with van der Waals surface area (Å²) in [5, 5.41) is 7.96. The summed E-state index contributed by atoms with van der Waals surface area (Å²) in [5.41, 5.74) is 0. The number of hydrogen-bond acceptors (Lipinski definition) is 1. The molecule has 0 saturated heterocycles. The fraction of sp³-hybridized carbons (Fsp3) is 0.571. The summed E-state index contributed by atoms with van der Waals surface area (Å²) in [6, 6.07) is 0. The molecule has 0 aliphatic carbocycles. The standard InChI is InChI=1S/C5H8O2.2CH3.Sn/c1-2-3-4-5(6)7;;;/h3-4H,2H2,1H3,(H,6,7);2*1H3;/b4-3+;;;. The van der Waals surface area contributed by atoms with Gasteiger partial charge in [-0.3, -0.25) is 0 Å². The van der Waals surface area contributed by atoms with Gasteiger partial charge in [-0.05, 0) is 6.42 Å². The molecule has 0 aromatic rings. The zero-order valence-electron chi connectivity index (χ0n) is 6.72. The third-order valence-corrected chi connectivity index (χ3v) is 0.496. The van der Waals surface area contributed by atoms with Gasteiger partial charge in [0.2, 0.25) is 0 Å². The number of aliphatic carboxylic acids is 1. The molecule has 3 heteroatoms. The molecular formula is C7H14O2Sn. The molecule has 0 heterocycles. The molecule has 0 aromatic carbocycles. The number of rotatable bonds is 2. The van der Waals surface area contributed by atoms with E-state index in [1.54, 1.807) is 6.08 Å². The maximum absolute atomic E-state index is 9.67. The molecule has 0 atom stereocenters. The van der Waals surface area contributed by atoms with Gasteiger partial charge in [0.15, 0.2) is 0 Å². The first kappa shape index (κ1) is 12.7. The number of allylic oxidation sites excluding steroid dienone is 1. The van der Waals surface area contributed by atoms with Gasteiger partial charge >= 0.3 is 37.0 Å². The molecule has 10 heavy (non-hydrogen) atoms. The van der Waals surface area contributed by atoms with Gasteiger partial charge in [-0.2, -0.15) is 0 Å². The molecule has 1 N–H and O–H groups in total. The van der Waals surface area contributed by atoms with Crippen molar-refractivity contribution in [2.45, 2.75) is 23.2 Å². The van der Waals surface area contributed by atoms with Gasteiger partial charge in [-0.15, -0.1) is 0 Å². The van der Waals surface area contributed by atoms with Crippen LogP contribution in [0.2, 0.25) is 9.88 Å². The first-order chi connectivity index (χ1) is 4.68. The minimum atomic E-state index is -0.873. The Morgan fingerprint density at radius 1 is 1.60 bits per heavy atom. The molecule has 0 fully saturated rings. The van der Waals surface area contributed by atoms with E-state index in [9.17, 15) is 4.79 Å². The average Bonchev–Trinajstić information content (AvgIpc) is 1.85. The van der Waals surface area contributed by atoms with E-state index in [2.05, 4.69) is 9.88 Å². The Balaban J connectivity index is 0. The minimum absolute atomic E-state index is 0.230. The van der Waals surface area contributed by atoms with Crippen LogP contribution >= 0.6 is 0 Å². The summed E-state index contributed by atoms with van der Waals surface area (Å²) in [5.74, 6) is -0.873. The average molecular weight is 249 g/mol. The molecule has 0 bridgehead atoms. The molecule has 0 aliphatic rings. The molecule has 58 valence electrons. The van der Waals surface area contributed by atoms with Gasteiger partial charge in [0.25, 0.3) is 0 Å². The van der Waals surface area contributed by atoms with E-state index in [1.165, 1.54) is 0 Å². The van der Waals surface area contributed by atoms with Crippen molar-refractivity contribution in [3.05, 3.63) is 12.2 Å². The third-order valence-electron chi connectivity index (χ3n) is 0.496. The molecule has 0 rings (SSSR count). The first-order valence-corrected chi connectivity index (χ1v) is 8.87. The maximum atomic E-state index is 9.67. The predicted octanol–water partition coefficient (Wildman–Crippen LogP) is 1.82. The summed E-state index contributed by atoms with van der Waals surface area (Å²) in [7, 11) is 0. The molecule has 0 aliphatic heterocycles. The van der Waals surface area contributed by atoms with Crippen molar-refractivity contribution in [3.8, 4) is 0 Å². The van der Waals surface area contributed by atoms with Gasteiger partial charge in [0.1, 0.15) is 0 Å². The molecule has 2 radical (unpaired) electrons. The van der Waals surface area contributed by atoms with Crippen molar-refractivity contribution < 1.29 is 9.90 Å². The van der Waals surface area contributed by atoms with Gasteiger partial charge in [0, 0.05) is 6.08 Å². The van der Waals surface area contributed by atoms with Gasteiger partial charge in [-0.25, -0.2) is 4.79 Å².